The van der Waals surface area contributed by atoms with Gasteiger partial charge in [0.2, 0.25) is 11.0 Å². The van der Waals surface area contributed by atoms with Crippen LogP contribution in [0.2, 0.25) is 0 Å². The van der Waals surface area contributed by atoms with Gasteiger partial charge in [0.15, 0.2) is 5.69 Å². The van der Waals surface area contributed by atoms with E-state index in [1.807, 2.05) is 18.2 Å². The summed E-state index contributed by atoms with van der Waals surface area (Å²) >= 11 is 1.25. The number of aromatic hydroxyl groups is 1. The number of hydrogen-bond acceptors (Lipinski definition) is 5. The molecular weight excluding hydrogens is 288 g/mol. The number of amidine groups is 1. The zero-order valence-corrected chi connectivity index (χ0v) is 12.5. The topological polar surface area (TPSA) is 79.3 Å². The van der Waals surface area contributed by atoms with Crippen LogP contribution in [0.15, 0.2) is 33.4 Å². The summed E-state index contributed by atoms with van der Waals surface area (Å²) in [6.45, 7) is 2.07. The Morgan fingerprint density at radius 2 is 2.24 bits per heavy atom. The van der Waals surface area contributed by atoms with Gasteiger partial charge in [-0.15, -0.1) is 10.2 Å². The van der Waals surface area contributed by atoms with Gasteiger partial charge in [-0.2, -0.15) is 4.99 Å². The molecule has 2 aromatic rings. The van der Waals surface area contributed by atoms with Crippen molar-refractivity contribution in [2.24, 2.45) is 22.3 Å². The molecule has 1 N–H and O–H groups in total. The van der Waals surface area contributed by atoms with E-state index in [0.717, 1.165) is 22.9 Å². The fourth-order valence-corrected chi connectivity index (χ4v) is 2.80. The quantitative estimate of drug-likeness (QED) is 0.865. The summed E-state index contributed by atoms with van der Waals surface area (Å²) in [4.78, 5) is 14.8. The number of azo groups is 1. The van der Waals surface area contributed by atoms with Crippen molar-refractivity contribution in [1.29, 1.82) is 0 Å². The Balaban J connectivity index is 2.08. The van der Waals surface area contributed by atoms with Gasteiger partial charge in [-0.1, -0.05) is 24.8 Å². The van der Waals surface area contributed by atoms with Crippen molar-refractivity contribution in [3.8, 4) is 5.88 Å². The molecule has 0 aliphatic carbocycles. The Morgan fingerprint density at radius 1 is 1.43 bits per heavy atom. The van der Waals surface area contributed by atoms with E-state index in [1.165, 1.54) is 11.8 Å². The van der Waals surface area contributed by atoms with Crippen molar-refractivity contribution >= 4 is 39.4 Å². The zero-order valence-electron chi connectivity index (χ0n) is 11.7. The summed E-state index contributed by atoms with van der Waals surface area (Å²) in [5.74, 6) is 0.150. The Bertz CT molecular complexity index is 792. The molecular formula is C14H14N4O2S. The lowest BCUT2D eigenvalue weighted by Crippen LogP contribution is -1.86. The number of aromatic nitrogens is 1. The molecule has 0 saturated heterocycles. The average molecular weight is 302 g/mol. The summed E-state index contributed by atoms with van der Waals surface area (Å²) < 4.78 is 1.66. The molecule has 0 radical (unpaired) electrons. The van der Waals surface area contributed by atoms with Crippen molar-refractivity contribution in [1.82, 2.24) is 4.57 Å². The molecule has 0 saturated carbocycles. The highest BCUT2D eigenvalue weighted by Gasteiger charge is 2.17. The number of hydrogen-bond donors (Lipinski definition) is 1. The molecule has 0 spiro atoms. The van der Waals surface area contributed by atoms with Crippen LogP contribution < -0.4 is 0 Å². The van der Waals surface area contributed by atoms with E-state index in [0.29, 0.717) is 16.6 Å². The van der Waals surface area contributed by atoms with E-state index in [4.69, 9.17) is 0 Å². The summed E-state index contributed by atoms with van der Waals surface area (Å²) in [7, 11) is 1.77. The SMILES string of the molecule is CCc1ccc2c(c1)c(N=NC1=NC(=O)CS1)c(O)n2C. The van der Waals surface area contributed by atoms with Crippen LogP contribution in [0.3, 0.4) is 0 Å². The number of amides is 1. The van der Waals surface area contributed by atoms with Crippen molar-refractivity contribution in [2.45, 2.75) is 13.3 Å². The van der Waals surface area contributed by atoms with Crippen LogP contribution in [0.5, 0.6) is 5.88 Å². The highest BCUT2D eigenvalue weighted by Crippen LogP contribution is 2.38. The third-order valence-corrected chi connectivity index (χ3v) is 4.22. The molecule has 2 heterocycles. The van der Waals surface area contributed by atoms with Gasteiger partial charge in [0, 0.05) is 12.4 Å². The Morgan fingerprint density at radius 3 is 2.90 bits per heavy atom. The average Bonchev–Trinajstić information content (AvgIpc) is 3.00. The minimum atomic E-state index is -0.204. The fourth-order valence-electron chi connectivity index (χ4n) is 2.22. The second-order valence-electron chi connectivity index (χ2n) is 4.71. The molecule has 0 unspecified atom stereocenters. The lowest BCUT2D eigenvalue weighted by atomic mass is 10.1. The maximum absolute atomic E-state index is 11.1. The van der Waals surface area contributed by atoms with E-state index in [-0.39, 0.29) is 11.8 Å². The van der Waals surface area contributed by atoms with Crippen LogP contribution in [0.4, 0.5) is 5.69 Å². The fraction of sp³-hybridized carbons (Fsp3) is 0.286. The largest absolute Gasteiger partial charge is 0.493 e. The lowest BCUT2D eigenvalue weighted by Gasteiger charge is -1.98. The number of benzene rings is 1. The molecule has 1 aliphatic heterocycles. The number of rotatable bonds is 2. The number of fused-ring (bicyclic) bond motifs is 1. The number of nitrogens with zero attached hydrogens (tertiary/aromatic N) is 4. The Hall–Kier alpha value is -2.15. The molecule has 0 fully saturated rings. The maximum atomic E-state index is 11.1. The van der Waals surface area contributed by atoms with Gasteiger partial charge in [-0.05, 0) is 24.1 Å². The number of thioether (sulfide) groups is 1. The summed E-state index contributed by atoms with van der Waals surface area (Å²) in [5.41, 5.74) is 2.45. The van der Waals surface area contributed by atoms with Crippen LogP contribution in [0.25, 0.3) is 10.9 Å². The highest BCUT2D eigenvalue weighted by molar-refractivity contribution is 8.14. The summed E-state index contributed by atoms with van der Waals surface area (Å²) in [5, 5.41) is 19.4. The highest BCUT2D eigenvalue weighted by atomic mass is 32.2. The van der Waals surface area contributed by atoms with E-state index < -0.39 is 0 Å². The number of aryl methyl sites for hydroxylation is 2. The first-order valence-electron chi connectivity index (χ1n) is 6.56. The number of carbonyl (C=O) groups is 1. The molecule has 1 aromatic heterocycles. The predicted molar refractivity (Wildman–Crippen MR) is 83.4 cm³/mol. The van der Waals surface area contributed by atoms with Gasteiger partial charge in [0.05, 0.1) is 11.3 Å². The third-order valence-electron chi connectivity index (χ3n) is 3.40. The maximum Gasteiger partial charge on any atom is 0.258 e. The molecule has 108 valence electrons. The zero-order chi connectivity index (χ0) is 15.0. The van der Waals surface area contributed by atoms with Gasteiger partial charge >= 0.3 is 0 Å². The molecule has 1 amide bonds. The van der Waals surface area contributed by atoms with Crippen LogP contribution >= 0.6 is 11.8 Å². The van der Waals surface area contributed by atoms with E-state index in [2.05, 4.69) is 22.1 Å². The van der Waals surface area contributed by atoms with E-state index >= 15 is 0 Å². The minimum absolute atomic E-state index is 0.0527. The lowest BCUT2D eigenvalue weighted by molar-refractivity contribution is -0.115. The first kappa shape index (κ1) is 13.8. The normalized spacial score (nSPS) is 15.3. The monoisotopic (exact) mass is 302 g/mol. The van der Waals surface area contributed by atoms with Gasteiger partial charge in [-0.3, -0.25) is 4.79 Å². The van der Waals surface area contributed by atoms with Crippen molar-refractivity contribution in [3.05, 3.63) is 23.8 Å². The molecule has 0 atom stereocenters. The van der Waals surface area contributed by atoms with Crippen molar-refractivity contribution in [3.63, 3.8) is 0 Å². The Kier molecular flexibility index (Phi) is 3.50. The van der Waals surface area contributed by atoms with Crippen LogP contribution in [0, 0.1) is 0 Å². The van der Waals surface area contributed by atoms with Crippen molar-refractivity contribution in [2.75, 3.05) is 5.75 Å². The molecule has 0 bridgehead atoms. The minimum Gasteiger partial charge on any atom is -0.493 e. The second kappa shape index (κ2) is 5.33. The van der Waals surface area contributed by atoms with E-state index in [1.54, 1.807) is 11.6 Å². The second-order valence-corrected chi connectivity index (χ2v) is 5.66. The van der Waals surface area contributed by atoms with Crippen LogP contribution in [-0.4, -0.2) is 26.5 Å². The van der Waals surface area contributed by atoms with Crippen LogP contribution in [0.1, 0.15) is 12.5 Å². The molecule has 3 rings (SSSR count). The molecule has 7 heteroatoms. The first-order chi connectivity index (χ1) is 10.1. The van der Waals surface area contributed by atoms with Crippen molar-refractivity contribution < 1.29 is 9.90 Å². The van der Waals surface area contributed by atoms with Crippen LogP contribution in [-0.2, 0) is 18.3 Å². The predicted octanol–water partition coefficient (Wildman–Crippen LogP) is 3.16. The molecule has 6 nitrogen and oxygen atoms in total. The number of aliphatic imine (C=N–C) groups is 1. The summed E-state index contributed by atoms with van der Waals surface area (Å²) in [6.07, 6.45) is 0.902. The third kappa shape index (κ3) is 2.44. The first-order valence-corrected chi connectivity index (χ1v) is 7.55. The number of carbonyl (C=O) groups excluding carboxylic acids is 1. The molecule has 1 aliphatic rings. The van der Waals surface area contributed by atoms with Gasteiger partial charge in [0.1, 0.15) is 0 Å². The molecule has 1 aromatic carbocycles. The Labute approximate surface area is 125 Å². The van der Waals surface area contributed by atoms with Gasteiger partial charge in [0.25, 0.3) is 5.91 Å². The molecule has 21 heavy (non-hydrogen) atoms. The van der Waals surface area contributed by atoms with E-state index in [9.17, 15) is 9.90 Å². The smallest absolute Gasteiger partial charge is 0.258 e. The van der Waals surface area contributed by atoms with Gasteiger partial charge in [-0.25, -0.2) is 0 Å². The standard InChI is InChI=1S/C14H14N4O2S/c1-3-8-4-5-10-9(6-8)12(13(20)18(10)2)16-17-14-15-11(19)7-21-14/h4-6,20H,3,7H2,1-2H3. The summed E-state index contributed by atoms with van der Waals surface area (Å²) in [6, 6.07) is 5.98. The van der Waals surface area contributed by atoms with Gasteiger partial charge < -0.3 is 9.67 Å².